The minimum atomic E-state index is 0.749. The fraction of sp³-hybridized carbons (Fsp3) is 0.300. The van der Waals surface area contributed by atoms with E-state index in [9.17, 15) is 0 Å². The molecule has 0 amide bonds. The zero-order valence-corrected chi connectivity index (χ0v) is 9.00. The predicted octanol–water partition coefficient (Wildman–Crippen LogP) is 2.93. The van der Waals surface area contributed by atoms with E-state index in [2.05, 4.69) is 21.1 Å². The van der Waals surface area contributed by atoms with E-state index in [-0.39, 0.29) is 0 Å². The van der Waals surface area contributed by atoms with E-state index < -0.39 is 0 Å². The van der Waals surface area contributed by atoms with Crippen molar-refractivity contribution in [3.63, 3.8) is 0 Å². The highest BCUT2D eigenvalue weighted by molar-refractivity contribution is 9.08. The zero-order valence-electron chi connectivity index (χ0n) is 7.42. The quantitative estimate of drug-likeness (QED) is 0.734. The van der Waals surface area contributed by atoms with Crippen molar-refractivity contribution >= 4 is 15.9 Å². The highest BCUT2D eigenvalue weighted by Crippen LogP contribution is 2.36. The van der Waals surface area contributed by atoms with Gasteiger partial charge in [-0.3, -0.25) is 0 Å². The van der Waals surface area contributed by atoms with E-state index in [0.717, 1.165) is 40.9 Å². The Morgan fingerprint density at radius 1 is 1.43 bits per heavy atom. The highest BCUT2D eigenvalue weighted by atomic mass is 79.9. The lowest BCUT2D eigenvalue weighted by molar-refractivity contribution is 0.422. The molecule has 0 spiro atoms. The number of hydrogen-bond acceptors (Lipinski definition) is 3. The summed E-state index contributed by atoms with van der Waals surface area (Å²) in [5.74, 6) is 1.89. The highest BCUT2D eigenvalue weighted by Gasteiger charge is 2.25. The van der Waals surface area contributed by atoms with Crippen molar-refractivity contribution in [1.29, 1.82) is 0 Å². The van der Waals surface area contributed by atoms with Gasteiger partial charge < -0.3 is 8.94 Å². The van der Waals surface area contributed by atoms with Crippen molar-refractivity contribution in [2.75, 3.05) is 0 Å². The van der Waals surface area contributed by atoms with Crippen molar-refractivity contribution in [2.24, 2.45) is 0 Å². The molecule has 0 atom stereocenters. The summed E-state index contributed by atoms with van der Waals surface area (Å²) in [5, 5.41) is 4.78. The second-order valence-electron chi connectivity index (χ2n) is 3.33. The largest absolute Gasteiger partial charge is 0.469 e. The standard InChI is InChI=1S/C10H8BrNO2/c11-5-8-6-1-2-9-7(3-4-13-9)10(6)14-12-8/h3-4H,1-2,5H2. The Bertz CT molecular complexity index is 472. The van der Waals surface area contributed by atoms with Gasteiger partial charge >= 0.3 is 0 Å². The third-order valence-corrected chi connectivity index (χ3v) is 3.12. The molecule has 1 aliphatic carbocycles. The summed E-state index contributed by atoms with van der Waals surface area (Å²) in [6, 6.07) is 1.94. The van der Waals surface area contributed by atoms with E-state index in [0.29, 0.717) is 0 Å². The zero-order chi connectivity index (χ0) is 9.54. The Morgan fingerprint density at radius 3 is 3.21 bits per heavy atom. The number of rotatable bonds is 1. The van der Waals surface area contributed by atoms with Crippen molar-refractivity contribution in [1.82, 2.24) is 5.16 Å². The van der Waals surface area contributed by atoms with Crippen LogP contribution in [0.4, 0.5) is 0 Å². The molecule has 72 valence electrons. The van der Waals surface area contributed by atoms with Gasteiger partial charge in [0.05, 0.1) is 17.5 Å². The summed E-state index contributed by atoms with van der Waals surface area (Å²) >= 11 is 3.40. The molecule has 3 rings (SSSR count). The summed E-state index contributed by atoms with van der Waals surface area (Å²) in [5.41, 5.74) is 3.29. The lowest BCUT2D eigenvalue weighted by Crippen LogP contribution is -2.00. The Balaban J connectivity index is 2.22. The van der Waals surface area contributed by atoms with Gasteiger partial charge in [0, 0.05) is 17.3 Å². The first kappa shape index (κ1) is 8.29. The number of hydrogen-bond donors (Lipinski definition) is 0. The summed E-state index contributed by atoms with van der Waals surface area (Å²) < 4.78 is 10.7. The fourth-order valence-electron chi connectivity index (χ4n) is 1.89. The van der Waals surface area contributed by atoms with Crippen molar-refractivity contribution in [2.45, 2.75) is 18.2 Å². The third-order valence-electron chi connectivity index (χ3n) is 2.59. The van der Waals surface area contributed by atoms with Crippen LogP contribution in [0.2, 0.25) is 0 Å². The number of nitrogens with zero attached hydrogens (tertiary/aromatic N) is 1. The van der Waals surface area contributed by atoms with Gasteiger partial charge in [-0.15, -0.1) is 0 Å². The van der Waals surface area contributed by atoms with E-state index in [1.807, 2.05) is 6.07 Å². The molecule has 0 N–H and O–H groups in total. The summed E-state index contributed by atoms with van der Waals surface area (Å²) in [6.07, 6.45) is 3.60. The molecule has 4 heteroatoms. The van der Waals surface area contributed by atoms with Gasteiger partial charge in [-0.2, -0.15) is 0 Å². The Labute approximate surface area is 89.2 Å². The molecule has 0 saturated heterocycles. The van der Waals surface area contributed by atoms with Crippen LogP contribution in [-0.2, 0) is 18.2 Å². The first-order chi connectivity index (χ1) is 6.90. The van der Waals surface area contributed by atoms with E-state index in [4.69, 9.17) is 8.94 Å². The molecule has 0 saturated carbocycles. The molecule has 0 aliphatic heterocycles. The van der Waals surface area contributed by atoms with Crippen LogP contribution in [0.5, 0.6) is 0 Å². The summed E-state index contributed by atoms with van der Waals surface area (Å²) in [4.78, 5) is 0. The lowest BCUT2D eigenvalue weighted by atomic mass is 9.95. The summed E-state index contributed by atoms with van der Waals surface area (Å²) in [7, 11) is 0. The van der Waals surface area contributed by atoms with E-state index in [1.165, 1.54) is 5.56 Å². The SMILES string of the molecule is BrCc1noc2c1CCc1occc1-2. The molecule has 2 heterocycles. The number of furan rings is 1. The normalized spacial score (nSPS) is 13.8. The van der Waals surface area contributed by atoms with Crippen LogP contribution in [0.1, 0.15) is 17.0 Å². The van der Waals surface area contributed by atoms with Gasteiger partial charge in [0.2, 0.25) is 0 Å². The van der Waals surface area contributed by atoms with Gasteiger partial charge in [-0.1, -0.05) is 21.1 Å². The Hall–Kier alpha value is -1.03. The molecule has 3 nitrogen and oxygen atoms in total. The molecule has 2 aromatic rings. The maximum absolute atomic E-state index is 5.36. The van der Waals surface area contributed by atoms with Crippen molar-refractivity contribution < 1.29 is 8.94 Å². The Morgan fingerprint density at radius 2 is 2.36 bits per heavy atom. The number of aromatic nitrogens is 1. The van der Waals surface area contributed by atoms with Crippen LogP contribution < -0.4 is 0 Å². The second-order valence-corrected chi connectivity index (χ2v) is 3.89. The maximum Gasteiger partial charge on any atom is 0.173 e. The molecule has 0 unspecified atom stereocenters. The van der Waals surface area contributed by atoms with Crippen LogP contribution in [0.3, 0.4) is 0 Å². The lowest BCUT2D eigenvalue weighted by Gasteiger charge is -2.08. The predicted molar refractivity (Wildman–Crippen MR) is 54.2 cm³/mol. The number of fused-ring (bicyclic) bond motifs is 3. The van der Waals surface area contributed by atoms with Crippen LogP contribution in [0.15, 0.2) is 21.3 Å². The smallest absolute Gasteiger partial charge is 0.173 e. The average Bonchev–Trinajstić information content (AvgIpc) is 2.82. The number of halogens is 1. The van der Waals surface area contributed by atoms with Crippen LogP contribution in [0.25, 0.3) is 11.3 Å². The van der Waals surface area contributed by atoms with Gasteiger partial charge in [-0.05, 0) is 12.5 Å². The topological polar surface area (TPSA) is 39.2 Å². The minimum Gasteiger partial charge on any atom is -0.469 e. The number of alkyl halides is 1. The molecule has 1 aliphatic rings. The summed E-state index contributed by atoms with van der Waals surface area (Å²) in [6.45, 7) is 0. The van der Waals surface area contributed by atoms with Gasteiger partial charge in [0.25, 0.3) is 0 Å². The van der Waals surface area contributed by atoms with Gasteiger partial charge in [0.1, 0.15) is 5.76 Å². The van der Waals surface area contributed by atoms with Crippen LogP contribution in [0, 0.1) is 0 Å². The molecule has 14 heavy (non-hydrogen) atoms. The van der Waals surface area contributed by atoms with Gasteiger partial charge in [-0.25, -0.2) is 0 Å². The first-order valence-electron chi connectivity index (χ1n) is 4.50. The first-order valence-corrected chi connectivity index (χ1v) is 5.62. The number of aryl methyl sites for hydroxylation is 1. The fourth-order valence-corrected chi connectivity index (χ4v) is 2.33. The maximum atomic E-state index is 5.36. The van der Waals surface area contributed by atoms with E-state index in [1.54, 1.807) is 6.26 Å². The van der Waals surface area contributed by atoms with Crippen LogP contribution >= 0.6 is 15.9 Å². The van der Waals surface area contributed by atoms with Crippen molar-refractivity contribution in [3.05, 3.63) is 29.3 Å². The van der Waals surface area contributed by atoms with Crippen molar-refractivity contribution in [3.8, 4) is 11.3 Å². The molecule has 0 radical (unpaired) electrons. The van der Waals surface area contributed by atoms with Crippen LogP contribution in [-0.4, -0.2) is 5.16 Å². The Kier molecular flexibility index (Phi) is 1.77. The monoisotopic (exact) mass is 253 g/mol. The molecule has 0 bridgehead atoms. The average molecular weight is 254 g/mol. The molecule has 0 fully saturated rings. The third kappa shape index (κ3) is 1.00. The van der Waals surface area contributed by atoms with Gasteiger partial charge in [0.15, 0.2) is 5.76 Å². The van der Waals surface area contributed by atoms with E-state index >= 15 is 0 Å². The minimum absolute atomic E-state index is 0.749. The molecule has 0 aromatic carbocycles. The molecular weight excluding hydrogens is 246 g/mol. The molecular formula is C10H8BrNO2. The molecule has 2 aromatic heterocycles. The second kappa shape index (κ2) is 2.98.